The molecule has 1 heteroatoms. The molecule has 0 saturated carbocycles. The van der Waals surface area contributed by atoms with E-state index in [1.165, 1.54) is 103 Å². The van der Waals surface area contributed by atoms with Gasteiger partial charge in [0.15, 0.2) is 0 Å². The van der Waals surface area contributed by atoms with Crippen LogP contribution in [-0.2, 0) is 6.54 Å². The lowest BCUT2D eigenvalue weighted by atomic mass is 9.84. The van der Waals surface area contributed by atoms with E-state index in [2.05, 4.69) is 497 Å². The zero-order valence-electron chi connectivity index (χ0n) is 70.6. The van der Waals surface area contributed by atoms with Gasteiger partial charge in [0.1, 0.15) is 0 Å². The summed E-state index contributed by atoms with van der Waals surface area (Å²) in [6, 6.07) is 180. The molecule has 0 radical (unpaired) electrons. The molecule has 0 fully saturated rings. The Morgan fingerprint density at radius 2 is 0.328 bits per heavy atom. The van der Waals surface area contributed by atoms with Crippen molar-refractivity contribution < 1.29 is 0 Å². The fourth-order valence-corrected chi connectivity index (χ4v) is 18.6. The molecular weight excluding hydrogens is 1500 g/mol. The van der Waals surface area contributed by atoms with Crippen LogP contribution in [0.1, 0.15) is 134 Å². The van der Waals surface area contributed by atoms with Crippen molar-refractivity contribution in [3.8, 4) is 44.5 Å². The van der Waals surface area contributed by atoms with Crippen LogP contribution in [0.3, 0.4) is 0 Å². The molecule has 0 spiro atoms. The standard InChI is InChI=1S/C124H97N/c1-2-3-4-5-6-43-84-125-123-111(91-72-80-107(81-73-91)121(103-64-39-17-40-65-103)117(97-52-27-11-28-53-97)98-54-29-12-30-55-98)85-109(89-68-76-105(77-69-89)119(101-60-35-15-36-61-101)115(93-44-19-7-20-45-93)94-46-21-8-22-47-94)87-113(123)114-88-110(90-70-78-106(79-71-90)120(102-62-37-16-38-63-102)116(95-48-23-9-24-49-95)96-50-25-10-26-51-96)86-112(124(114)125)92-74-82-108(83-75-92)122(104-66-41-18-42-67-104)118(99-56-31-13-32-57-99)100-58-33-14-34-59-100/h7-42,44-83,85-88H,2-6,43,84H2,1H3. The summed E-state index contributed by atoms with van der Waals surface area (Å²) in [6.45, 7) is 3.14. The third-order valence-corrected chi connectivity index (χ3v) is 24.5. The number of fused-ring (bicyclic) bond motifs is 3. The summed E-state index contributed by atoms with van der Waals surface area (Å²) in [5.74, 6) is 0. The molecule has 1 aromatic heterocycles. The van der Waals surface area contributed by atoms with E-state index in [0.29, 0.717) is 0 Å². The lowest BCUT2D eigenvalue weighted by Crippen LogP contribution is -2.01. The number of nitrogens with zero attached hydrogens (tertiary/aromatic N) is 1. The number of hydrogen-bond donors (Lipinski definition) is 0. The van der Waals surface area contributed by atoms with Gasteiger partial charge in [-0.15, -0.1) is 0 Å². The Bertz CT molecular complexity index is 6400. The highest BCUT2D eigenvalue weighted by Gasteiger charge is 2.27. The Kier molecular flexibility index (Phi) is 24.0. The van der Waals surface area contributed by atoms with Crippen LogP contribution in [0.5, 0.6) is 0 Å². The topological polar surface area (TPSA) is 4.93 Å². The molecular formula is C124H97N. The summed E-state index contributed by atoms with van der Waals surface area (Å²) in [5.41, 5.74) is 39.6. The maximum atomic E-state index is 2.75. The molecule has 18 aromatic carbocycles. The molecule has 1 nitrogen and oxygen atoms in total. The fourth-order valence-electron chi connectivity index (χ4n) is 18.6. The minimum atomic E-state index is 0.820. The highest BCUT2D eigenvalue weighted by atomic mass is 15.0. The molecule has 0 unspecified atom stereocenters. The third-order valence-electron chi connectivity index (χ3n) is 24.5. The monoisotopic (exact) mass is 1600 g/mol. The Labute approximate surface area is 736 Å². The van der Waals surface area contributed by atoms with Crippen molar-refractivity contribution in [2.45, 2.75) is 52.0 Å². The van der Waals surface area contributed by atoms with Gasteiger partial charge in [-0.1, -0.05) is 500 Å². The van der Waals surface area contributed by atoms with E-state index in [1.807, 2.05) is 0 Å². The average molecular weight is 1600 g/mol. The average Bonchev–Trinajstić information content (AvgIpc) is 1.56. The van der Waals surface area contributed by atoms with Crippen LogP contribution in [-0.4, -0.2) is 4.57 Å². The molecule has 0 bridgehead atoms. The van der Waals surface area contributed by atoms with Crippen LogP contribution < -0.4 is 0 Å². The van der Waals surface area contributed by atoms with Crippen LogP contribution in [0.4, 0.5) is 0 Å². The molecule has 598 valence electrons. The van der Waals surface area contributed by atoms with E-state index in [9.17, 15) is 0 Å². The van der Waals surface area contributed by atoms with E-state index in [1.54, 1.807) is 0 Å². The van der Waals surface area contributed by atoms with Crippen molar-refractivity contribution in [1.82, 2.24) is 4.57 Å². The Balaban J connectivity index is 0.884. The molecule has 19 aromatic rings. The van der Waals surface area contributed by atoms with Crippen molar-refractivity contribution in [3.05, 3.63) is 574 Å². The van der Waals surface area contributed by atoms with Gasteiger partial charge < -0.3 is 4.57 Å². The van der Waals surface area contributed by atoms with Gasteiger partial charge in [0.25, 0.3) is 0 Å². The largest absolute Gasteiger partial charge is 0.339 e. The second kappa shape index (κ2) is 37.8. The van der Waals surface area contributed by atoms with Crippen molar-refractivity contribution in [3.63, 3.8) is 0 Å². The van der Waals surface area contributed by atoms with Crippen LogP contribution in [0, 0.1) is 0 Å². The first-order valence-corrected chi connectivity index (χ1v) is 44.2. The Morgan fingerprint density at radius 3 is 0.520 bits per heavy atom. The Hall–Kier alpha value is -15.3. The number of aromatic nitrogens is 1. The quantitative estimate of drug-likeness (QED) is 0.0357. The predicted molar refractivity (Wildman–Crippen MR) is 532 cm³/mol. The third kappa shape index (κ3) is 17.1. The molecule has 1 heterocycles. The predicted octanol–water partition coefficient (Wildman–Crippen LogP) is 32.9. The zero-order valence-corrected chi connectivity index (χ0v) is 70.6. The van der Waals surface area contributed by atoms with E-state index in [-0.39, 0.29) is 0 Å². The molecule has 0 atom stereocenters. The summed E-state index contributed by atoms with van der Waals surface area (Å²) >= 11 is 0. The van der Waals surface area contributed by atoms with Crippen molar-refractivity contribution >= 4 is 66.4 Å². The van der Waals surface area contributed by atoms with Gasteiger partial charge in [-0.2, -0.15) is 0 Å². The number of benzene rings is 18. The maximum absolute atomic E-state index is 2.75. The van der Waals surface area contributed by atoms with Crippen LogP contribution >= 0.6 is 0 Å². The first-order valence-electron chi connectivity index (χ1n) is 44.2. The Morgan fingerprint density at radius 1 is 0.160 bits per heavy atom. The molecule has 19 rings (SSSR count). The first kappa shape index (κ1) is 79.5. The molecule has 0 aliphatic carbocycles. The molecule has 0 aliphatic heterocycles. The number of aryl methyl sites for hydroxylation is 1. The van der Waals surface area contributed by atoms with E-state index in [0.717, 1.165) is 142 Å². The number of hydrogen-bond acceptors (Lipinski definition) is 0. The van der Waals surface area contributed by atoms with E-state index < -0.39 is 0 Å². The molecule has 125 heavy (non-hydrogen) atoms. The fraction of sp³-hybridized carbons (Fsp3) is 0.0645. The summed E-state index contributed by atoms with van der Waals surface area (Å²) in [7, 11) is 0. The molecule has 0 N–H and O–H groups in total. The summed E-state index contributed by atoms with van der Waals surface area (Å²) in [4.78, 5) is 0. The van der Waals surface area contributed by atoms with Crippen molar-refractivity contribution in [2.24, 2.45) is 0 Å². The molecule has 0 amide bonds. The SMILES string of the molecule is CCCCCCCCn1c2c(-c3ccc(C(=C(c4ccccc4)c4ccccc4)c4ccccc4)cc3)cc(-c3ccc(C(=C(c4ccccc4)c4ccccc4)c4ccccc4)cc3)cc2c2cc(-c3ccc(C(=C(c4ccccc4)c4ccccc4)c4ccccc4)cc3)cc(-c3ccc(C(=C(c4ccccc4)c4ccccc4)c4ccccc4)cc3)c21. The van der Waals surface area contributed by atoms with Crippen LogP contribution in [0.2, 0.25) is 0 Å². The van der Waals surface area contributed by atoms with Crippen molar-refractivity contribution in [2.75, 3.05) is 0 Å². The lowest BCUT2D eigenvalue weighted by molar-refractivity contribution is 0.571. The van der Waals surface area contributed by atoms with Gasteiger partial charge in [0, 0.05) is 28.4 Å². The lowest BCUT2D eigenvalue weighted by Gasteiger charge is -2.19. The maximum Gasteiger partial charge on any atom is 0.0571 e. The van der Waals surface area contributed by atoms with Gasteiger partial charge in [-0.05, 0) is 198 Å². The highest BCUT2D eigenvalue weighted by molar-refractivity contribution is 6.19. The molecule has 0 aliphatic rings. The summed E-state index contributed by atoms with van der Waals surface area (Å²) in [6.07, 6.45) is 6.97. The minimum Gasteiger partial charge on any atom is -0.339 e. The second-order valence-electron chi connectivity index (χ2n) is 32.5. The number of rotatable bonds is 27. The van der Waals surface area contributed by atoms with Gasteiger partial charge >= 0.3 is 0 Å². The van der Waals surface area contributed by atoms with E-state index >= 15 is 0 Å². The smallest absolute Gasteiger partial charge is 0.0571 e. The van der Waals surface area contributed by atoms with Crippen molar-refractivity contribution in [1.29, 1.82) is 0 Å². The zero-order chi connectivity index (χ0) is 83.9. The van der Waals surface area contributed by atoms with Gasteiger partial charge in [-0.25, -0.2) is 0 Å². The highest BCUT2D eigenvalue weighted by Crippen LogP contribution is 2.49. The second-order valence-corrected chi connectivity index (χ2v) is 32.5. The normalized spacial score (nSPS) is 11.1. The van der Waals surface area contributed by atoms with Gasteiger partial charge in [-0.3, -0.25) is 0 Å². The summed E-state index contributed by atoms with van der Waals surface area (Å²) in [5, 5.41) is 2.41. The van der Waals surface area contributed by atoms with Crippen LogP contribution in [0.15, 0.2) is 485 Å². The first-order chi connectivity index (χ1) is 62.0. The van der Waals surface area contributed by atoms with E-state index in [4.69, 9.17) is 0 Å². The summed E-state index contributed by atoms with van der Waals surface area (Å²) < 4.78 is 2.75. The van der Waals surface area contributed by atoms with Crippen LogP contribution in [0.25, 0.3) is 111 Å². The van der Waals surface area contributed by atoms with Gasteiger partial charge in [0.2, 0.25) is 0 Å². The minimum absolute atomic E-state index is 0.820. The number of unbranched alkanes of at least 4 members (excludes halogenated alkanes) is 5. The molecule has 0 saturated heterocycles. The van der Waals surface area contributed by atoms with Gasteiger partial charge in [0.05, 0.1) is 11.0 Å².